The lowest BCUT2D eigenvalue weighted by Crippen LogP contribution is -3.11. The van der Waals surface area contributed by atoms with Crippen molar-refractivity contribution in [2.45, 2.75) is 39.2 Å². The van der Waals surface area contributed by atoms with E-state index in [4.69, 9.17) is 9.47 Å². The molecule has 5 nitrogen and oxygen atoms in total. The Balaban J connectivity index is 1.55. The van der Waals surface area contributed by atoms with Gasteiger partial charge in [-0.15, -0.1) is 0 Å². The van der Waals surface area contributed by atoms with E-state index in [1.54, 1.807) is 14.2 Å². The van der Waals surface area contributed by atoms with Crippen LogP contribution in [0.1, 0.15) is 38.2 Å². The Bertz CT molecular complexity index is 611. The first kappa shape index (κ1) is 19.0. The Morgan fingerprint density at radius 2 is 1.96 bits per heavy atom. The summed E-state index contributed by atoms with van der Waals surface area (Å²) in [6.07, 6.45) is 4.40. The molecule has 2 saturated heterocycles. The number of methoxy groups -OCH3 is 2. The van der Waals surface area contributed by atoms with Crippen LogP contribution in [0, 0.1) is 11.8 Å². The van der Waals surface area contributed by atoms with E-state index in [1.807, 2.05) is 12.1 Å². The molecule has 2 aliphatic heterocycles. The van der Waals surface area contributed by atoms with Gasteiger partial charge in [-0.1, -0.05) is 6.92 Å². The van der Waals surface area contributed by atoms with Gasteiger partial charge in [-0.2, -0.15) is 0 Å². The third kappa shape index (κ3) is 4.50. The summed E-state index contributed by atoms with van der Waals surface area (Å²) < 4.78 is 10.9. The van der Waals surface area contributed by atoms with Gasteiger partial charge in [0.1, 0.15) is 18.0 Å². The fraction of sp³-hybridized carbons (Fsp3) is 0.667. The van der Waals surface area contributed by atoms with Gasteiger partial charge in [-0.3, -0.25) is 4.79 Å². The van der Waals surface area contributed by atoms with E-state index >= 15 is 0 Å². The molecule has 1 atom stereocenters. The summed E-state index contributed by atoms with van der Waals surface area (Å²) in [6, 6.07) is 5.97. The highest BCUT2D eigenvalue weighted by molar-refractivity contribution is 5.79. The minimum Gasteiger partial charge on any atom is -0.497 e. The van der Waals surface area contributed by atoms with Gasteiger partial charge in [-0.25, -0.2) is 0 Å². The number of likely N-dealkylation sites (tertiary alicyclic amines) is 2. The van der Waals surface area contributed by atoms with Crippen molar-refractivity contribution < 1.29 is 19.2 Å². The number of amides is 1. The van der Waals surface area contributed by atoms with E-state index in [0.29, 0.717) is 11.8 Å². The maximum atomic E-state index is 12.8. The molecule has 0 spiro atoms. The molecule has 1 N–H and O–H groups in total. The predicted octanol–water partition coefficient (Wildman–Crippen LogP) is 1.76. The summed E-state index contributed by atoms with van der Waals surface area (Å²) in [5.41, 5.74) is 1.18. The van der Waals surface area contributed by atoms with Gasteiger partial charge in [-0.05, 0) is 37.0 Å². The number of quaternary nitrogens is 1. The second-order valence-electron chi connectivity index (χ2n) is 7.91. The van der Waals surface area contributed by atoms with Crippen LogP contribution < -0.4 is 14.4 Å². The SMILES string of the molecule is COc1ccc(OC)c(C[NH+]2CCC(C(=O)N3CCC[C@@H](C)C3)CC2)c1. The molecule has 2 fully saturated rings. The Morgan fingerprint density at radius 3 is 2.62 bits per heavy atom. The molecular weight excluding hydrogens is 328 g/mol. The van der Waals surface area contributed by atoms with E-state index < -0.39 is 0 Å². The van der Waals surface area contributed by atoms with Gasteiger partial charge in [0.25, 0.3) is 0 Å². The Kier molecular flexibility index (Phi) is 6.41. The van der Waals surface area contributed by atoms with Gasteiger partial charge < -0.3 is 19.3 Å². The van der Waals surface area contributed by atoms with Crippen LogP contribution in [0.4, 0.5) is 0 Å². The highest BCUT2D eigenvalue weighted by atomic mass is 16.5. The summed E-state index contributed by atoms with van der Waals surface area (Å²) in [5, 5.41) is 0. The molecule has 1 aromatic carbocycles. The fourth-order valence-electron chi connectivity index (χ4n) is 4.39. The quantitative estimate of drug-likeness (QED) is 0.869. The van der Waals surface area contributed by atoms with E-state index in [2.05, 4.69) is 17.9 Å². The first-order valence-corrected chi connectivity index (χ1v) is 9.94. The third-order valence-corrected chi connectivity index (χ3v) is 5.94. The molecule has 0 aromatic heterocycles. The highest BCUT2D eigenvalue weighted by Gasteiger charge is 2.32. The zero-order chi connectivity index (χ0) is 18.5. The third-order valence-electron chi connectivity index (χ3n) is 5.94. The normalized spacial score (nSPS) is 26.4. The number of nitrogens with one attached hydrogen (secondary N) is 1. The number of piperidine rings is 2. The first-order chi connectivity index (χ1) is 12.6. The molecule has 2 heterocycles. The van der Waals surface area contributed by atoms with Crippen molar-refractivity contribution >= 4 is 5.91 Å². The van der Waals surface area contributed by atoms with Crippen LogP contribution in [-0.4, -0.2) is 51.2 Å². The smallest absolute Gasteiger partial charge is 0.226 e. The number of rotatable bonds is 5. The summed E-state index contributed by atoms with van der Waals surface area (Å²) in [5.74, 6) is 3.05. The van der Waals surface area contributed by atoms with E-state index in [-0.39, 0.29) is 5.92 Å². The number of hydrogen-bond acceptors (Lipinski definition) is 3. The number of carbonyl (C=O) groups excluding carboxylic acids is 1. The van der Waals surface area contributed by atoms with E-state index in [1.165, 1.54) is 16.9 Å². The predicted molar refractivity (Wildman–Crippen MR) is 102 cm³/mol. The summed E-state index contributed by atoms with van der Waals surface area (Å²) >= 11 is 0. The number of ether oxygens (including phenoxy) is 2. The van der Waals surface area contributed by atoms with Crippen LogP contribution >= 0.6 is 0 Å². The van der Waals surface area contributed by atoms with Gasteiger partial charge in [0, 0.05) is 31.8 Å². The molecule has 3 rings (SSSR count). The van der Waals surface area contributed by atoms with Crippen LogP contribution in [0.3, 0.4) is 0 Å². The zero-order valence-electron chi connectivity index (χ0n) is 16.4. The molecule has 1 aromatic rings. The van der Waals surface area contributed by atoms with Crippen molar-refractivity contribution in [2.75, 3.05) is 40.4 Å². The molecule has 0 unspecified atom stereocenters. The van der Waals surface area contributed by atoms with Crippen molar-refractivity contribution in [3.8, 4) is 11.5 Å². The molecule has 0 aliphatic carbocycles. The average molecular weight is 362 g/mol. The Morgan fingerprint density at radius 1 is 1.19 bits per heavy atom. The number of nitrogens with zero attached hydrogens (tertiary/aromatic N) is 1. The average Bonchev–Trinajstić information content (AvgIpc) is 2.68. The zero-order valence-corrected chi connectivity index (χ0v) is 16.4. The van der Waals surface area contributed by atoms with Crippen LogP contribution in [-0.2, 0) is 11.3 Å². The van der Waals surface area contributed by atoms with E-state index in [9.17, 15) is 4.79 Å². The summed E-state index contributed by atoms with van der Waals surface area (Å²) in [7, 11) is 3.40. The number of carbonyl (C=O) groups is 1. The van der Waals surface area contributed by atoms with E-state index in [0.717, 1.165) is 63.5 Å². The van der Waals surface area contributed by atoms with Gasteiger partial charge in [0.15, 0.2) is 0 Å². The van der Waals surface area contributed by atoms with Crippen molar-refractivity contribution in [3.63, 3.8) is 0 Å². The fourth-order valence-corrected chi connectivity index (χ4v) is 4.39. The minimum absolute atomic E-state index is 0.219. The van der Waals surface area contributed by atoms with Gasteiger partial charge >= 0.3 is 0 Å². The summed E-state index contributed by atoms with van der Waals surface area (Å²) in [6.45, 7) is 7.17. The standard InChI is InChI=1S/C21H32N2O3/c1-16-5-4-10-23(14-16)21(24)17-8-11-22(12-9-17)15-18-13-19(25-2)6-7-20(18)26-3/h6-7,13,16-17H,4-5,8-12,14-15H2,1-3H3/p+1/t16-/m1/s1. The van der Waals surface area contributed by atoms with Gasteiger partial charge in [0.05, 0.1) is 32.9 Å². The molecular formula is C21H33N2O3+. The molecule has 0 saturated carbocycles. The molecule has 0 radical (unpaired) electrons. The summed E-state index contributed by atoms with van der Waals surface area (Å²) in [4.78, 5) is 16.5. The van der Waals surface area contributed by atoms with Crippen LogP contribution in [0.15, 0.2) is 18.2 Å². The lowest BCUT2D eigenvalue weighted by Gasteiger charge is -2.36. The van der Waals surface area contributed by atoms with Crippen LogP contribution in [0.25, 0.3) is 0 Å². The topological polar surface area (TPSA) is 43.2 Å². The second-order valence-corrected chi connectivity index (χ2v) is 7.91. The molecule has 2 aliphatic rings. The maximum absolute atomic E-state index is 12.8. The van der Waals surface area contributed by atoms with Crippen LogP contribution in [0.2, 0.25) is 0 Å². The molecule has 0 bridgehead atoms. The Hall–Kier alpha value is -1.75. The van der Waals surface area contributed by atoms with Crippen molar-refractivity contribution in [3.05, 3.63) is 23.8 Å². The first-order valence-electron chi connectivity index (χ1n) is 9.94. The number of hydrogen-bond donors (Lipinski definition) is 1. The Labute approximate surface area is 157 Å². The second kappa shape index (κ2) is 8.76. The molecule has 144 valence electrons. The molecule has 1 amide bonds. The monoisotopic (exact) mass is 361 g/mol. The van der Waals surface area contributed by atoms with Crippen molar-refractivity contribution in [1.82, 2.24) is 4.90 Å². The molecule has 5 heteroatoms. The lowest BCUT2D eigenvalue weighted by molar-refractivity contribution is -0.919. The van der Waals surface area contributed by atoms with Crippen molar-refractivity contribution in [1.29, 1.82) is 0 Å². The van der Waals surface area contributed by atoms with Gasteiger partial charge in [0.2, 0.25) is 5.91 Å². The van der Waals surface area contributed by atoms with Crippen LogP contribution in [0.5, 0.6) is 11.5 Å². The number of benzene rings is 1. The molecule has 26 heavy (non-hydrogen) atoms. The highest BCUT2D eigenvalue weighted by Crippen LogP contribution is 2.24. The maximum Gasteiger partial charge on any atom is 0.226 e. The van der Waals surface area contributed by atoms with Crippen molar-refractivity contribution in [2.24, 2.45) is 11.8 Å². The minimum atomic E-state index is 0.219. The largest absolute Gasteiger partial charge is 0.497 e. The lowest BCUT2D eigenvalue weighted by atomic mass is 9.92.